The fourth-order valence-corrected chi connectivity index (χ4v) is 3.21. The van der Waals surface area contributed by atoms with Crippen LogP contribution in [-0.2, 0) is 5.41 Å². The number of benzene rings is 2. The second kappa shape index (κ2) is 5.96. The molecule has 2 aromatic rings. The number of carboxylic acids is 1. The largest absolute Gasteiger partial charge is 0.478 e. The van der Waals surface area contributed by atoms with Crippen molar-refractivity contribution in [1.29, 1.82) is 0 Å². The van der Waals surface area contributed by atoms with Gasteiger partial charge in [0.1, 0.15) is 0 Å². The van der Waals surface area contributed by atoms with Crippen LogP contribution in [0.4, 0.5) is 11.4 Å². The van der Waals surface area contributed by atoms with E-state index in [-0.39, 0.29) is 11.0 Å². The summed E-state index contributed by atoms with van der Waals surface area (Å²) in [6.07, 6.45) is 3.73. The molecule has 1 N–H and O–H groups in total. The van der Waals surface area contributed by atoms with E-state index in [0.717, 1.165) is 5.70 Å². The minimum absolute atomic E-state index is 0.0969. The van der Waals surface area contributed by atoms with E-state index in [1.54, 1.807) is 30.5 Å². The van der Waals surface area contributed by atoms with Crippen molar-refractivity contribution in [3.8, 4) is 0 Å². The molecule has 3 rings (SSSR count). The maximum absolute atomic E-state index is 11.0. The van der Waals surface area contributed by atoms with E-state index in [0.29, 0.717) is 5.69 Å². The van der Waals surface area contributed by atoms with E-state index in [9.17, 15) is 4.79 Å². The number of aliphatic imine (C=N–C) groups is 1. The summed E-state index contributed by atoms with van der Waals surface area (Å²) < 4.78 is 0. The van der Waals surface area contributed by atoms with E-state index in [4.69, 9.17) is 5.11 Å². The molecule has 24 heavy (non-hydrogen) atoms. The van der Waals surface area contributed by atoms with E-state index in [1.165, 1.54) is 11.3 Å². The third-order valence-corrected chi connectivity index (χ3v) is 4.49. The molecule has 0 radical (unpaired) electrons. The minimum Gasteiger partial charge on any atom is -0.478 e. The molecule has 4 nitrogen and oxygen atoms in total. The summed E-state index contributed by atoms with van der Waals surface area (Å²) in [6, 6.07) is 15.0. The number of carbonyl (C=O) groups is 1. The van der Waals surface area contributed by atoms with E-state index in [2.05, 4.69) is 49.0 Å². The molecule has 0 saturated carbocycles. The smallest absolute Gasteiger partial charge is 0.335 e. The van der Waals surface area contributed by atoms with Gasteiger partial charge >= 0.3 is 5.97 Å². The van der Waals surface area contributed by atoms with Gasteiger partial charge in [0.05, 0.1) is 11.3 Å². The lowest BCUT2D eigenvalue weighted by Gasteiger charge is -2.23. The first-order valence-corrected chi connectivity index (χ1v) is 7.82. The standard InChI is InChI=1S/C20H20N2O2/c1-20(2)16-9-4-5-10-17(16)22(3)18(20)11-12-21-15-8-6-7-14(13-15)19(23)24/h4-13H,1-3H3,(H,23,24). The van der Waals surface area contributed by atoms with Crippen molar-refractivity contribution in [2.75, 3.05) is 11.9 Å². The number of para-hydroxylation sites is 1. The highest BCUT2D eigenvalue weighted by atomic mass is 16.4. The Balaban J connectivity index is 1.90. The normalized spacial score (nSPS) is 17.5. The molecule has 0 fully saturated rings. The minimum atomic E-state index is -0.947. The number of hydrogen-bond acceptors (Lipinski definition) is 3. The number of allylic oxidation sites excluding steroid dienone is 2. The first-order chi connectivity index (χ1) is 11.4. The number of aromatic carboxylic acids is 1. The number of hydrogen-bond donors (Lipinski definition) is 1. The average molecular weight is 320 g/mol. The zero-order valence-corrected chi connectivity index (χ0v) is 14.0. The van der Waals surface area contributed by atoms with Crippen LogP contribution in [0.3, 0.4) is 0 Å². The summed E-state index contributed by atoms with van der Waals surface area (Å²) in [5.41, 5.74) is 4.42. The SMILES string of the molecule is CN1C(=CC=Nc2cccc(C(=O)O)c2)C(C)(C)c2ccccc21. The van der Waals surface area contributed by atoms with Crippen LogP contribution in [0, 0.1) is 0 Å². The van der Waals surface area contributed by atoms with Crippen molar-refractivity contribution >= 4 is 23.6 Å². The molecule has 1 heterocycles. The Morgan fingerprint density at radius 3 is 2.62 bits per heavy atom. The Hall–Kier alpha value is -2.88. The molecule has 0 atom stereocenters. The Morgan fingerprint density at radius 1 is 1.17 bits per heavy atom. The maximum atomic E-state index is 11.0. The van der Waals surface area contributed by atoms with Crippen molar-refractivity contribution in [3.05, 3.63) is 71.4 Å². The second-order valence-electron chi connectivity index (χ2n) is 6.39. The van der Waals surface area contributed by atoms with Crippen LogP contribution in [0.5, 0.6) is 0 Å². The fraction of sp³-hybridized carbons (Fsp3) is 0.200. The number of nitrogens with zero attached hydrogens (tertiary/aromatic N) is 2. The van der Waals surface area contributed by atoms with Crippen LogP contribution >= 0.6 is 0 Å². The van der Waals surface area contributed by atoms with Gasteiger partial charge in [0.25, 0.3) is 0 Å². The molecule has 0 aromatic heterocycles. The van der Waals surface area contributed by atoms with Crippen LogP contribution in [-0.4, -0.2) is 24.3 Å². The summed E-state index contributed by atoms with van der Waals surface area (Å²) in [6.45, 7) is 4.39. The first-order valence-electron chi connectivity index (χ1n) is 7.82. The topological polar surface area (TPSA) is 52.9 Å². The molecule has 0 saturated heterocycles. The molecule has 0 aliphatic carbocycles. The quantitative estimate of drug-likeness (QED) is 0.853. The summed E-state index contributed by atoms with van der Waals surface area (Å²) >= 11 is 0. The van der Waals surface area contributed by atoms with Crippen molar-refractivity contribution in [1.82, 2.24) is 0 Å². The van der Waals surface area contributed by atoms with Gasteiger partial charge < -0.3 is 10.0 Å². The Morgan fingerprint density at radius 2 is 1.92 bits per heavy atom. The van der Waals surface area contributed by atoms with Gasteiger partial charge in [-0.3, -0.25) is 4.99 Å². The third kappa shape index (κ3) is 2.71. The lowest BCUT2D eigenvalue weighted by Crippen LogP contribution is -2.23. The molecule has 2 aromatic carbocycles. The average Bonchev–Trinajstić information content (AvgIpc) is 2.76. The molecule has 1 aliphatic rings. The van der Waals surface area contributed by atoms with Gasteiger partial charge in [-0.2, -0.15) is 0 Å². The van der Waals surface area contributed by atoms with Gasteiger partial charge in [-0.25, -0.2) is 4.79 Å². The van der Waals surface area contributed by atoms with Crippen LogP contribution in [0.1, 0.15) is 29.8 Å². The van der Waals surface area contributed by atoms with Gasteiger partial charge in [0, 0.05) is 30.1 Å². The molecule has 0 unspecified atom stereocenters. The van der Waals surface area contributed by atoms with Gasteiger partial charge in [0.2, 0.25) is 0 Å². The molecule has 0 spiro atoms. The number of likely N-dealkylation sites (N-methyl/N-ethyl adjacent to an activating group) is 1. The Labute approximate surface area is 141 Å². The zero-order chi connectivity index (χ0) is 17.3. The number of carboxylic acid groups (broad SMARTS) is 1. The van der Waals surface area contributed by atoms with Gasteiger partial charge in [-0.05, 0) is 35.9 Å². The highest BCUT2D eigenvalue weighted by Gasteiger charge is 2.37. The zero-order valence-electron chi connectivity index (χ0n) is 14.0. The van der Waals surface area contributed by atoms with Gasteiger partial charge in [-0.15, -0.1) is 0 Å². The molecule has 122 valence electrons. The summed E-state index contributed by atoms with van der Waals surface area (Å²) in [4.78, 5) is 17.6. The van der Waals surface area contributed by atoms with Crippen molar-refractivity contribution in [2.45, 2.75) is 19.3 Å². The van der Waals surface area contributed by atoms with Crippen LogP contribution in [0.25, 0.3) is 0 Å². The van der Waals surface area contributed by atoms with Crippen LogP contribution < -0.4 is 4.90 Å². The first kappa shape index (κ1) is 16.0. The van der Waals surface area contributed by atoms with E-state index < -0.39 is 5.97 Å². The number of anilines is 1. The number of fused-ring (bicyclic) bond motifs is 1. The van der Waals surface area contributed by atoms with Gasteiger partial charge in [-0.1, -0.05) is 38.1 Å². The molecular formula is C20H20N2O2. The fourth-order valence-electron chi connectivity index (χ4n) is 3.21. The van der Waals surface area contributed by atoms with Gasteiger partial charge in [0.15, 0.2) is 0 Å². The highest BCUT2D eigenvalue weighted by Crippen LogP contribution is 2.46. The van der Waals surface area contributed by atoms with Crippen LogP contribution in [0.15, 0.2) is 65.3 Å². The molecule has 0 bridgehead atoms. The Bertz CT molecular complexity index is 850. The number of rotatable bonds is 3. The monoisotopic (exact) mass is 320 g/mol. The molecular weight excluding hydrogens is 300 g/mol. The summed E-state index contributed by atoms with van der Waals surface area (Å²) in [7, 11) is 2.05. The lowest BCUT2D eigenvalue weighted by molar-refractivity contribution is 0.0697. The lowest BCUT2D eigenvalue weighted by atomic mass is 9.84. The maximum Gasteiger partial charge on any atom is 0.335 e. The molecule has 0 amide bonds. The Kier molecular flexibility index (Phi) is 3.97. The van der Waals surface area contributed by atoms with Crippen molar-refractivity contribution < 1.29 is 9.90 Å². The third-order valence-electron chi connectivity index (χ3n) is 4.49. The predicted molar refractivity (Wildman–Crippen MR) is 97.5 cm³/mol. The summed E-state index contributed by atoms with van der Waals surface area (Å²) in [5, 5.41) is 9.04. The van der Waals surface area contributed by atoms with E-state index in [1.807, 2.05) is 12.1 Å². The van der Waals surface area contributed by atoms with Crippen LogP contribution in [0.2, 0.25) is 0 Å². The molecule has 1 aliphatic heterocycles. The summed E-state index contributed by atoms with van der Waals surface area (Å²) in [5.74, 6) is -0.947. The predicted octanol–water partition coefficient (Wildman–Crippen LogP) is 4.40. The van der Waals surface area contributed by atoms with Crippen molar-refractivity contribution in [3.63, 3.8) is 0 Å². The molecule has 4 heteroatoms. The second-order valence-corrected chi connectivity index (χ2v) is 6.39. The van der Waals surface area contributed by atoms with Crippen molar-refractivity contribution in [2.24, 2.45) is 4.99 Å². The van der Waals surface area contributed by atoms with E-state index >= 15 is 0 Å². The highest BCUT2D eigenvalue weighted by molar-refractivity contribution is 5.89.